The minimum absolute atomic E-state index is 0. The van der Waals surface area contributed by atoms with Crippen molar-refractivity contribution in [2.24, 2.45) is 11.7 Å². The van der Waals surface area contributed by atoms with E-state index in [1.165, 1.54) is 19.3 Å². The first kappa shape index (κ1) is 14.5. The van der Waals surface area contributed by atoms with Crippen LogP contribution in [0, 0.1) is 5.92 Å². The lowest BCUT2D eigenvalue weighted by molar-refractivity contribution is 0.370. The lowest BCUT2D eigenvalue weighted by Gasteiger charge is -2.20. The van der Waals surface area contributed by atoms with E-state index < -0.39 is 0 Å². The first-order valence-corrected chi connectivity index (χ1v) is 5.51. The summed E-state index contributed by atoms with van der Waals surface area (Å²) in [6, 6.07) is 0.435. The average molecular weight is 175 g/mol. The second-order valence-corrected chi connectivity index (χ2v) is 3.03. The summed E-state index contributed by atoms with van der Waals surface area (Å²) < 4.78 is 0. The molecule has 0 amide bonds. The number of nitrogens with two attached hydrogens (primary N) is 1. The van der Waals surface area contributed by atoms with E-state index in [1.54, 1.807) is 0 Å². The van der Waals surface area contributed by atoms with Gasteiger partial charge in [-0.15, -0.1) is 0 Å². The highest BCUT2D eigenvalue weighted by molar-refractivity contribution is 4.69. The molecule has 1 heteroatoms. The minimum Gasteiger partial charge on any atom is -0.327 e. The predicted molar refractivity (Wildman–Crippen MR) is 60.4 cm³/mol. The van der Waals surface area contributed by atoms with E-state index in [1.807, 2.05) is 13.8 Å². The van der Waals surface area contributed by atoms with Gasteiger partial charge < -0.3 is 5.73 Å². The van der Waals surface area contributed by atoms with E-state index in [4.69, 9.17) is 5.73 Å². The van der Waals surface area contributed by atoms with E-state index in [9.17, 15) is 0 Å². The molecule has 78 valence electrons. The van der Waals surface area contributed by atoms with Crippen LogP contribution in [-0.2, 0) is 0 Å². The van der Waals surface area contributed by atoms with Gasteiger partial charge in [0.05, 0.1) is 0 Å². The fraction of sp³-hybridized carbons (Fsp3) is 1.00. The Morgan fingerprint density at radius 2 is 1.58 bits per heavy atom. The molecule has 0 saturated carbocycles. The summed E-state index contributed by atoms with van der Waals surface area (Å²) in [7, 11) is 0. The van der Waals surface area contributed by atoms with Crippen molar-refractivity contribution in [3.63, 3.8) is 0 Å². The molecule has 0 fully saturated rings. The summed E-state index contributed by atoms with van der Waals surface area (Å²) in [5.41, 5.74) is 5.91. The Morgan fingerprint density at radius 3 is 1.83 bits per heavy atom. The Morgan fingerprint density at radius 1 is 1.08 bits per heavy atom. The Hall–Kier alpha value is -0.0400. The van der Waals surface area contributed by atoms with Crippen molar-refractivity contribution in [2.45, 2.75) is 66.3 Å². The van der Waals surface area contributed by atoms with Crippen molar-refractivity contribution in [2.75, 3.05) is 0 Å². The zero-order chi connectivity index (χ0) is 9.98. The topological polar surface area (TPSA) is 26.0 Å². The third-order valence-corrected chi connectivity index (χ3v) is 2.26. The predicted octanol–water partition coefficient (Wildman–Crippen LogP) is 3.82. The summed E-state index contributed by atoms with van der Waals surface area (Å²) in [5, 5.41) is 0. The zero-order valence-electron chi connectivity index (χ0n) is 9.56. The van der Waals surface area contributed by atoms with Gasteiger partial charge in [-0.1, -0.05) is 47.5 Å². The molecule has 0 saturated heterocycles. The molecule has 1 unspecified atom stereocenters. The molecule has 0 spiro atoms. The molecule has 0 aromatic carbocycles. The van der Waals surface area contributed by atoms with Crippen molar-refractivity contribution in [3.8, 4) is 0 Å². The summed E-state index contributed by atoms with van der Waals surface area (Å²) >= 11 is 0. The summed E-state index contributed by atoms with van der Waals surface area (Å²) in [4.78, 5) is 0. The average Bonchev–Trinajstić information content (AvgIpc) is 2.16. The number of hydrogen-bond acceptors (Lipinski definition) is 1. The van der Waals surface area contributed by atoms with Gasteiger partial charge in [0, 0.05) is 7.47 Å². The molecule has 2 atom stereocenters. The van der Waals surface area contributed by atoms with Gasteiger partial charge in [0.15, 0.2) is 0 Å². The SMILES string of the molecule is CC.CCCC(CC)[C@H](N)CC.[HH]. The Balaban J connectivity index is -0.000000309. The van der Waals surface area contributed by atoms with Gasteiger partial charge in [0.25, 0.3) is 0 Å². The van der Waals surface area contributed by atoms with Gasteiger partial charge in [-0.3, -0.25) is 0 Å². The van der Waals surface area contributed by atoms with Crippen LogP contribution in [0.15, 0.2) is 0 Å². The Bertz CT molecular complexity index is 76.5. The van der Waals surface area contributed by atoms with Gasteiger partial charge >= 0.3 is 0 Å². The molecular formula is C11H29N. The van der Waals surface area contributed by atoms with Crippen LogP contribution in [0.4, 0.5) is 0 Å². The van der Waals surface area contributed by atoms with Crippen LogP contribution in [0.5, 0.6) is 0 Å². The molecule has 0 aliphatic rings. The smallest absolute Gasteiger partial charge is 0.00644 e. The summed E-state index contributed by atoms with van der Waals surface area (Å²) in [6.45, 7) is 10.6. The molecule has 12 heavy (non-hydrogen) atoms. The molecule has 0 radical (unpaired) electrons. The molecule has 2 N–H and O–H groups in total. The lowest BCUT2D eigenvalue weighted by Crippen LogP contribution is -2.28. The maximum absolute atomic E-state index is 5.91. The maximum atomic E-state index is 5.91. The van der Waals surface area contributed by atoms with Crippen LogP contribution in [0.1, 0.15) is 61.7 Å². The first-order valence-electron chi connectivity index (χ1n) is 5.51. The lowest BCUT2D eigenvalue weighted by atomic mass is 9.91. The fourth-order valence-corrected chi connectivity index (χ4v) is 1.43. The standard InChI is InChI=1S/C9H21N.C2H6.H2/c1-4-7-8(5-2)9(10)6-3;1-2;/h8-9H,4-7,10H2,1-3H3;1-2H3;1H/t8?,9-;;/m1../s1. The molecular weight excluding hydrogens is 146 g/mol. The fourth-order valence-electron chi connectivity index (χ4n) is 1.43. The highest BCUT2D eigenvalue weighted by atomic mass is 14.6. The van der Waals surface area contributed by atoms with Gasteiger partial charge in [-0.2, -0.15) is 0 Å². The Labute approximate surface area is 80.2 Å². The van der Waals surface area contributed by atoms with Crippen molar-refractivity contribution in [1.29, 1.82) is 0 Å². The molecule has 0 aliphatic heterocycles. The summed E-state index contributed by atoms with van der Waals surface area (Å²) in [6.07, 6.45) is 4.93. The molecule has 0 aromatic rings. The van der Waals surface area contributed by atoms with Crippen molar-refractivity contribution >= 4 is 0 Å². The van der Waals surface area contributed by atoms with Gasteiger partial charge in [0.1, 0.15) is 0 Å². The molecule has 0 bridgehead atoms. The van der Waals surface area contributed by atoms with Crippen LogP contribution in [0.3, 0.4) is 0 Å². The molecule has 0 rings (SSSR count). The summed E-state index contributed by atoms with van der Waals surface area (Å²) in [5.74, 6) is 0.759. The highest BCUT2D eigenvalue weighted by Gasteiger charge is 2.11. The molecule has 1 nitrogen and oxygen atoms in total. The first-order chi connectivity index (χ1) is 5.76. The maximum Gasteiger partial charge on any atom is 0.00644 e. The van der Waals surface area contributed by atoms with Gasteiger partial charge in [-0.05, 0) is 18.8 Å². The van der Waals surface area contributed by atoms with Crippen LogP contribution in [-0.4, -0.2) is 6.04 Å². The van der Waals surface area contributed by atoms with E-state index in [0.29, 0.717) is 6.04 Å². The number of rotatable bonds is 5. The van der Waals surface area contributed by atoms with E-state index >= 15 is 0 Å². The monoisotopic (exact) mass is 175 g/mol. The second kappa shape index (κ2) is 11.0. The van der Waals surface area contributed by atoms with E-state index in [-0.39, 0.29) is 1.43 Å². The number of hydrogen-bond donors (Lipinski definition) is 1. The van der Waals surface area contributed by atoms with Crippen LogP contribution in [0.25, 0.3) is 0 Å². The molecule has 0 heterocycles. The second-order valence-electron chi connectivity index (χ2n) is 3.03. The van der Waals surface area contributed by atoms with Crippen LogP contribution in [0.2, 0.25) is 0 Å². The third kappa shape index (κ3) is 6.66. The zero-order valence-corrected chi connectivity index (χ0v) is 9.56. The van der Waals surface area contributed by atoms with Gasteiger partial charge in [0.2, 0.25) is 0 Å². The largest absolute Gasteiger partial charge is 0.327 e. The van der Waals surface area contributed by atoms with Crippen molar-refractivity contribution in [3.05, 3.63) is 0 Å². The van der Waals surface area contributed by atoms with Crippen LogP contribution < -0.4 is 5.73 Å². The van der Waals surface area contributed by atoms with Gasteiger partial charge in [-0.25, -0.2) is 0 Å². The quantitative estimate of drug-likeness (QED) is 0.675. The molecule has 0 aliphatic carbocycles. The van der Waals surface area contributed by atoms with Crippen molar-refractivity contribution < 1.29 is 1.43 Å². The highest BCUT2D eigenvalue weighted by Crippen LogP contribution is 2.15. The van der Waals surface area contributed by atoms with E-state index in [2.05, 4.69) is 20.8 Å². The van der Waals surface area contributed by atoms with E-state index in [0.717, 1.165) is 12.3 Å². The third-order valence-electron chi connectivity index (χ3n) is 2.26. The van der Waals surface area contributed by atoms with Crippen LogP contribution >= 0.6 is 0 Å². The van der Waals surface area contributed by atoms with Crippen molar-refractivity contribution in [1.82, 2.24) is 0 Å². The Kier molecular flexibility index (Phi) is 13.2. The normalized spacial score (nSPS) is 14.5. The molecule has 0 aromatic heterocycles. The minimum atomic E-state index is 0.